The van der Waals surface area contributed by atoms with Gasteiger partial charge in [-0.3, -0.25) is 0 Å². The van der Waals surface area contributed by atoms with Gasteiger partial charge in [0, 0.05) is 10.4 Å². The highest BCUT2D eigenvalue weighted by molar-refractivity contribution is 9.10. The molecule has 0 unspecified atom stereocenters. The third-order valence-corrected chi connectivity index (χ3v) is 4.70. The van der Waals surface area contributed by atoms with Crippen LogP contribution in [0.2, 0.25) is 0 Å². The molecule has 92 valence electrons. The summed E-state index contributed by atoms with van der Waals surface area (Å²) in [5.41, 5.74) is 9.49. The van der Waals surface area contributed by atoms with Gasteiger partial charge in [0.25, 0.3) is 0 Å². The molecule has 1 aliphatic rings. The molecule has 0 spiro atoms. The first-order chi connectivity index (χ1) is 8.08. The molecule has 1 fully saturated rings. The Labute approximate surface area is 111 Å². The predicted octanol–water partition coefficient (Wildman–Crippen LogP) is 4.24. The number of aryl methyl sites for hydroxylation is 2. The second kappa shape index (κ2) is 5.21. The van der Waals surface area contributed by atoms with Crippen molar-refractivity contribution < 1.29 is 0 Å². The van der Waals surface area contributed by atoms with E-state index in [1.165, 1.54) is 36.8 Å². The van der Waals surface area contributed by atoms with E-state index >= 15 is 0 Å². The van der Waals surface area contributed by atoms with Crippen LogP contribution in [0.1, 0.15) is 36.8 Å². The topological polar surface area (TPSA) is 38.4 Å². The maximum Gasteiger partial charge on any atom is 0.103 e. The summed E-state index contributed by atoms with van der Waals surface area (Å²) < 4.78 is 1.16. The number of nitrogens with two attached hydrogens (primary N) is 1. The highest BCUT2D eigenvalue weighted by Gasteiger charge is 2.18. The number of benzene rings is 1. The molecule has 1 aromatic carbocycles. The molecule has 0 heterocycles. The van der Waals surface area contributed by atoms with Gasteiger partial charge in [0.15, 0.2) is 0 Å². The van der Waals surface area contributed by atoms with E-state index in [0.717, 1.165) is 16.0 Å². The molecule has 1 aromatic rings. The molecule has 2 N–H and O–H groups in total. The van der Waals surface area contributed by atoms with Crippen LogP contribution < -0.4 is 5.73 Å². The fourth-order valence-electron chi connectivity index (χ4n) is 2.45. The number of aliphatic imine (C=N–C) groups is 1. The molecule has 3 heteroatoms. The van der Waals surface area contributed by atoms with Crippen molar-refractivity contribution in [2.24, 2.45) is 16.6 Å². The number of nitrogens with zero attached hydrogens (tertiary/aromatic N) is 1. The Balaban J connectivity index is 2.25. The molecule has 0 aliphatic heterocycles. The van der Waals surface area contributed by atoms with Gasteiger partial charge in [-0.15, -0.1) is 0 Å². The van der Waals surface area contributed by atoms with Gasteiger partial charge in [-0.2, -0.15) is 0 Å². The lowest BCUT2D eigenvalue weighted by molar-refractivity contribution is 0.722. The normalized spacial score (nSPS) is 17.7. The van der Waals surface area contributed by atoms with E-state index in [9.17, 15) is 0 Å². The molecular weight excluding hydrogens is 276 g/mol. The number of rotatable bonds is 2. The van der Waals surface area contributed by atoms with Crippen LogP contribution in [0.4, 0.5) is 5.69 Å². The summed E-state index contributed by atoms with van der Waals surface area (Å²) in [6.45, 7) is 4.17. The first-order valence-electron chi connectivity index (χ1n) is 6.18. The fourth-order valence-corrected chi connectivity index (χ4v) is 2.68. The lowest BCUT2D eigenvalue weighted by Crippen LogP contribution is -2.20. The van der Waals surface area contributed by atoms with Crippen molar-refractivity contribution in [2.75, 3.05) is 0 Å². The molecule has 1 aliphatic carbocycles. The van der Waals surface area contributed by atoms with E-state index in [-0.39, 0.29) is 0 Å². The van der Waals surface area contributed by atoms with Crippen LogP contribution in [0, 0.1) is 19.8 Å². The van der Waals surface area contributed by atoms with Crippen LogP contribution in [0.3, 0.4) is 0 Å². The van der Waals surface area contributed by atoms with Crippen molar-refractivity contribution >= 4 is 27.5 Å². The quantitative estimate of drug-likeness (QED) is 0.643. The predicted molar refractivity (Wildman–Crippen MR) is 76.9 cm³/mol. The largest absolute Gasteiger partial charge is 0.387 e. The zero-order chi connectivity index (χ0) is 12.4. The molecule has 0 saturated heterocycles. The Kier molecular flexibility index (Phi) is 3.87. The maximum atomic E-state index is 6.09. The van der Waals surface area contributed by atoms with E-state index in [4.69, 9.17) is 5.73 Å². The SMILES string of the molecule is Cc1cc(N=C(N)C2CCCC2)cc(C)c1Br. The average molecular weight is 295 g/mol. The molecule has 2 nitrogen and oxygen atoms in total. The first-order valence-corrected chi connectivity index (χ1v) is 6.98. The summed E-state index contributed by atoms with van der Waals surface area (Å²) in [4.78, 5) is 4.58. The van der Waals surface area contributed by atoms with E-state index in [0.29, 0.717) is 5.92 Å². The van der Waals surface area contributed by atoms with E-state index in [1.54, 1.807) is 0 Å². The Hall–Kier alpha value is -0.830. The molecule has 0 amide bonds. The van der Waals surface area contributed by atoms with Gasteiger partial charge in [-0.25, -0.2) is 4.99 Å². The van der Waals surface area contributed by atoms with Crippen molar-refractivity contribution in [1.29, 1.82) is 0 Å². The van der Waals surface area contributed by atoms with Gasteiger partial charge in [-0.05, 0) is 49.9 Å². The van der Waals surface area contributed by atoms with E-state index < -0.39 is 0 Å². The number of amidine groups is 1. The standard InChI is InChI=1S/C14H19BrN2/c1-9-7-12(8-10(2)13(9)15)17-14(16)11-5-3-4-6-11/h7-8,11H,3-6H2,1-2H3,(H2,16,17). The molecule has 0 bridgehead atoms. The molecule has 0 aromatic heterocycles. The zero-order valence-corrected chi connectivity index (χ0v) is 12.0. The van der Waals surface area contributed by atoms with Crippen LogP contribution in [0.15, 0.2) is 21.6 Å². The second-order valence-electron chi connectivity index (χ2n) is 4.91. The van der Waals surface area contributed by atoms with Crippen LogP contribution >= 0.6 is 15.9 Å². The van der Waals surface area contributed by atoms with Crippen molar-refractivity contribution in [3.63, 3.8) is 0 Å². The van der Waals surface area contributed by atoms with Gasteiger partial charge < -0.3 is 5.73 Å². The van der Waals surface area contributed by atoms with Gasteiger partial charge in [0.1, 0.15) is 5.84 Å². The smallest absolute Gasteiger partial charge is 0.103 e. The maximum absolute atomic E-state index is 6.09. The fraction of sp³-hybridized carbons (Fsp3) is 0.500. The molecule has 1 saturated carbocycles. The third-order valence-electron chi connectivity index (χ3n) is 3.45. The highest BCUT2D eigenvalue weighted by atomic mass is 79.9. The summed E-state index contributed by atoms with van der Waals surface area (Å²) in [6, 6.07) is 4.16. The molecular formula is C14H19BrN2. The highest BCUT2D eigenvalue weighted by Crippen LogP contribution is 2.29. The lowest BCUT2D eigenvalue weighted by atomic mass is 10.1. The minimum atomic E-state index is 0.499. The Morgan fingerprint density at radius 2 is 1.76 bits per heavy atom. The summed E-state index contributed by atoms with van der Waals surface area (Å²) in [6.07, 6.45) is 4.98. The Morgan fingerprint density at radius 1 is 1.24 bits per heavy atom. The van der Waals surface area contributed by atoms with Crippen molar-refractivity contribution in [2.45, 2.75) is 39.5 Å². The number of hydrogen-bond donors (Lipinski definition) is 1. The summed E-state index contributed by atoms with van der Waals surface area (Å²) in [7, 11) is 0. The average Bonchev–Trinajstić information content (AvgIpc) is 2.79. The van der Waals surface area contributed by atoms with Crippen LogP contribution in [0.25, 0.3) is 0 Å². The van der Waals surface area contributed by atoms with Crippen LogP contribution in [0.5, 0.6) is 0 Å². The van der Waals surface area contributed by atoms with Crippen LogP contribution in [-0.2, 0) is 0 Å². The second-order valence-corrected chi connectivity index (χ2v) is 5.70. The van der Waals surface area contributed by atoms with Gasteiger partial charge in [0.05, 0.1) is 5.69 Å². The van der Waals surface area contributed by atoms with E-state index in [2.05, 4.69) is 46.9 Å². The Bertz CT molecular complexity index is 423. The number of hydrogen-bond acceptors (Lipinski definition) is 1. The molecule has 0 radical (unpaired) electrons. The van der Waals surface area contributed by atoms with Crippen molar-refractivity contribution in [3.05, 3.63) is 27.7 Å². The summed E-state index contributed by atoms with van der Waals surface area (Å²) in [5.74, 6) is 1.31. The molecule has 2 rings (SSSR count). The van der Waals surface area contributed by atoms with Gasteiger partial charge in [-0.1, -0.05) is 28.8 Å². The molecule has 0 atom stereocenters. The third kappa shape index (κ3) is 2.89. The van der Waals surface area contributed by atoms with Gasteiger partial charge in [0.2, 0.25) is 0 Å². The summed E-state index contributed by atoms with van der Waals surface area (Å²) in [5, 5.41) is 0. The summed E-state index contributed by atoms with van der Waals surface area (Å²) >= 11 is 3.57. The van der Waals surface area contributed by atoms with Crippen molar-refractivity contribution in [3.8, 4) is 0 Å². The minimum absolute atomic E-state index is 0.499. The van der Waals surface area contributed by atoms with Crippen LogP contribution in [-0.4, -0.2) is 5.84 Å². The van der Waals surface area contributed by atoms with E-state index in [1.807, 2.05) is 0 Å². The number of halogens is 1. The molecule has 17 heavy (non-hydrogen) atoms. The monoisotopic (exact) mass is 294 g/mol. The zero-order valence-electron chi connectivity index (χ0n) is 10.5. The first kappa shape index (κ1) is 12.6. The van der Waals surface area contributed by atoms with Gasteiger partial charge >= 0.3 is 0 Å². The Morgan fingerprint density at radius 3 is 2.29 bits per heavy atom. The lowest BCUT2D eigenvalue weighted by Gasteiger charge is -2.09. The minimum Gasteiger partial charge on any atom is -0.387 e. The van der Waals surface area contributed by atoms with Crippen molar-refractivity contribution in [1.82, 2.24) is 0 Å².